The van der Waals surface area contributed by atoms with Gasteiger partial charge in [-0.25, -0.2) is 4.98 Å². The van der Waals surface area contributed by atoms with Crippen LogP contribution >= 0.6 is 11.8 Å². The molecule has 1 aliphatic heterocycles. The lowest BCUT2D eigenvalue weighted by molar-refractivity contribution is 0.688. The van der Waals surface area contributed by atoms with Gasteiger partial charge in [0.15, 0.2) is 0 Å². The summed E-state index contributed by atoms with van der Waals surface area (Å²) in [6.45, 7) is 6.40. The standard InChI is InChI=1S/C12H20N4S/c1-3-5-13-12-14-6-4-11(15-12)16-7-8-17-9-10(16)2/h4,6,10H,3,5,7-9H2,1-2H3,(H,13,14,15). The van der Waals surface area contributed by atoms with Gasteiger partial charge in [0.25, 0.3) is 0 Å². The average molecular weight is 252 g/mol. The number of aromatic nitrogens is 2. The van der Waals surface area contributed by atoms with Crippen LogP contribution in [0.3, 0.4) is 0 Å². The van der Waals surface area contributed by atoms with Crippen molar-refractivity contribution in [2.45, 2.75) is 26.3 Å². The Bertz CT molecular complexity index is 358. The maximum atomic E-state index is 4.58. The number of hydrogen-bond acceptors (Lipinski definition) is 5. The van der Waals surface area contributed by atoms with Crippen molar-refractivity contribution in [2.75, 3.05) is 34.8 Å². The number of nitrogens with zero attached hydrogens (tertiary/aromatic N) is 3. The van der Waals surface area contributed by atoms with E-state index in [9.17, 15) is 0 Å². The minimum absolute atomic E-state index is 0.558. The Morgan fingerprint density at radius 3 is 3.24 bits per heavy atom. The zero-order chi connectivity index (χ0) is 12.1. The van der Waals surface area contributed by atoms with Gasteiger partial charge in [0.2, 0.25) is 5.95 Å². The van der Waals surface area contributed by atoms with Crippen LogP contribution in [0.2, 0.25) is 0 Å². The Morgan fingerprint density at radius 1 is 1.59 bits per heavy atom. The second-order valence-electron chi connectivity index (χ2n) is 4.28. The Labute approximate surface area is 107 Å². The van der Waals surface area contributed by atoms with Crippen LogP contribution in [0.5, 0.6) is 0 Å². The predicted molar refractivity (Wildman–Crippen MR) is 74.9 cm³/mol. The van der Waals surface area contributed by atoms with Gasteiger partial charge in [-0.1, -0.05) is 6.92 Å². The molecule has 2 heterocycles. The van der Waals surface area contributed by atoms with Gasteiger partial charge in [-0.2, -0.15) is 16.7 Å². The fraction of sp³-hybridized carbons (Fsp3) is 0.667. The SMILES string of the molecule is CCCNc1nccc(N2CCSCC2C)n1. The Hall–Kier alpha value is -0.970. The van der Waals surface area contributed by atoms with Crippen LogP contribution in [0, 0.1) is 0 Å². The molecule has 1 aliphatic rings. The average Bonchev–Trinajstić information content (AvgIpc) is 2.37. The van der Waals surface area contributed by atoms with Gasteiger partial charge in [0.05, 0.1) is 0 Å². The van der Waals surface area contributed by atoms with Crippen molar-refractivity contribution >= 4 is 23.5 Å². The molecule has 0 aliphatic carbocycles. The lowest BCUT2D eigenvalue weighted by atomic mass is 10.3. The van der Waals surface area contributed by atoms with Gasteiger partial charge in [-0.15, -0.1) is 0 Å². The first-order valence-electron chi connectivity index (χ1n) is 6.22. The lowest BCUT2D eigenvalue weighted by Crippen LogP contribution is -2.41. The third-order valence-corrected chi connectivity index (χ3v) is 4.03. The lowest BCUT2D eigenvalue weighted by Gasteiger charge is -2.34. The predicted octanol–water partition coefficient (Wildman–Crippen LogP) is 2.24. The highest BCUT2D eigenvalue weighted by atomic mass is 32.2. The molecule has 0 radical (unpaired) electrons. The zero-order valence-electron chi connectivity index (χ0n) is 10.5. The molecule has 1 unspecified atom stereocenters. The molecule has 0 saturated carbocycles. The first kappa shape index (κ1) is 12.5. The van der Waals surface area contributed by atoms with Crippen molar-refractivity contribution in [2.24, 2.45) is 0 Å². The molecule has 4 nitrogen and oxygen atoms in total. The summed E-state index contributed by atoms with van der Waals surface area (Å²) in [5, 5.41) is 3.23. The molecule has 0 aromatic carbocycles. The van der Waals surface area contributed by atoms with E-state index in [4.69, 9.17) is 0 Å². The molecule has 0 spiro atoms. The van der Waals surface area contributed by atoms with E-state index in [2.05, 4.69) is 34.0 Å². The van der Waals surface area contributed by atoms with Gasteiger partial charge in [-0.05, 0) is 19.4 Å². The van der Waals surface area contributed by atoms with Crippen molar-refractivity contribution in [3.8, 4) is 0 Å². The topological polar surface area (TPSA) is 41.1 Å². The summed E-state index contributed by atoms with van der Waals surface area (Å²) in [6.07, 6.45) is 2.93. The van der Waals surface area contributed by atoms with Crippen LogP contribution in [0.15, 0.2) is 12.3 Å². The van der Waals surface area contributed by atoms with E-state index in [1.54, 1.807) is 0 Å². The third-order valence-electron chi connectivity index (χ3n) is 2.84. The highest BCUT2D eigenvalue weighted by Gasteiger charge is 2.20. The molecule has 1 aromatic rings. The van der Waals surface area contributed by atoms with E-state index in [1.165, 1.54) is 11.5 Å². The monoisotopic (exact) mass is 252 g/mol. The van der Waals surface area contributed by atoms with Crippen LogP contribution in [0.1, 0.15) is 20.3 Å². The number of nitrogens with one attached hydrogen (secondary N) is 1. The maximum absolute atomic E-state index is 4.58. The maximum Gasteiger partial charge on any atom is 0.224 e. The molecule has 0 amide bonds. The van der Waals surface area contributed by atoms with Gasteiger partial charge in [-0.3, -0.25) is 0 Å². The van der Waals surface area contributed by atoms with Crippen molar-refractivity contribution in [1.29, 1.82) is 0 Å². The Morgan fingerprint density at radius 2 is 2.47 bits per heavy atom. The molecular formula is C12H20N4S. The summed E-state index contributed by atoms with van der Waals surface area (Å²) in [5.74, 6) is 4.16. The number of anilines is 2. The minimum atomic E-state index is 0.558. The normalized spacial score (nSPS) is 20.4. The summed E-state index contributed by atoms with van der Waals surface area (Å²) in [4.78, 5) is 11.2. The zero-order valence-corrected chi connectivity index (χ0v) is 11.3. The van der Waals surface area contributed by atoms with Crippen LogP contribution in [0.25, 0.3) is 0 Å². The first-order valence-corrected chi connectivity index (χ1v) is 7.38. The summed E-state index contributed by atoms with van der Waals surface area (Å²) < 4.78 is 0. The van der Waals surface area contributed by atoms with Crippen molar-refractivity contribution < 1.29 is 0 Å². The molecule has 1 atom stereocenters. The van der Waals surface area contributed by atoms with Gasteiger partial charge >= 0.3 is 0 Å². The van der Waals surface area contributed by atoms with Crippen molar-refractivity contribution in [3.63, 3.8) is 0 Å². The first-order chi connectivity index (χ1) is 8.31. The van der Waals surface area contributed by atoms with E-state index in [-0.39, 0.29) is 0 Å². The highest BCUT2D eigenvalue weighted by Crippen LogP contribution is 2.22. The second kappa shape index (κ2) is 6.10. The molecule has 5 heteroatoms. The Balaban J connectivity index is 2.08. The molecule has 1 saturated heterocycles. The van der Waals surface area contributed by atoms with Crippen molar-refractivity contribution in [3.05, 3.63) is 12.3 Å². The smallest absolute Gasteiger partial charge is 0.224 e. The summed E-state index contributed by atoms with van der Waals surface area (Å²) in [6, 6.07) is 2.56. The summed E-state index contributed by atoms with van der Waals surface area (Å²) >= 11 is 2.02. The van der Waals surface area contributed by atoms with Crippen LogP contribution in [-0.2, 0) is 0 Å². The largest absolute Gasteiger partial charge is 0.354 e. The van der Waals surface area contributed by atoms with E-state index in [0.717, 1.165) is 31.3 Å². The van der Waals surface area contributed by atoms with Gasteiger partial charge < -0.3 is 10.2 Å². The minimum Gasteiger partial charge on any atom is -0.354 e. The number of hydrogen-bond donors (Lipinski definition) is 1. The fourth-order valence-corrected chi connectivity index (χ4v) is 2.91. The molecule has 1 aromatic heterocycles. The van der Waals surface area contributed by atoms with Crippen molar-refractivity contribution in [1.82, 2.24) is 9.97 Å². The van der Waals surface area contributed by atoms with Gasteiger partial charge in [0, 0.05) is 36.8 Å². The highest BCUT2D eigenvalue weighted by molar-refractivity contribution is 7.99. The quantitative estimate of drug-likeness (QED) is 0.890. The van der Waals surface area contributed by atoms with E-state index < -0.39 is 0 Å². The molecule has 17 heavy (non-hydrogen) atoms. The summed E-state index contributed by atoms with van der Waals surface area (Å²) in [5.41, 5.74) is 0. The van der Waals surface area contributed by atoms with E-state index in [1.807, 2.05) is 24.0 Å². The molecule has 1 fully saturated rings. The Kier molecular flexibility index (Phi) is 4.48. The summed E-state index contributed by atoms with van der Waals surface area (Å²) in [7, 11) is 0. The molecular weight excluding hydrogens is 232 g/mol. The van der Waals surface area contributed by atoms with Crippen LogP contribution in [-0.4, -0.2) is 40.6 Å². The van der Waals surface area contributed by atoms with Gasteiger partial charge in [0.1, 0.15) is 5.82 Å². The van der Waals surface area contributed by atoms with Crippen LogP contribution in [0.4, 0.5) is 11.8 Å². The molecule has 1 N–H and O–H groups in total. The number of thioether (sulfide) groups is 1. The van der Waals surface area contributed by atoms with E-state index in [0.29, 0.717) is 6.04 Å². The molecule has 94 valence electrons. The molecule has 0 bridgehead atoms. The fourth-order valence-electron chi connectivity index (χ4n) is 1.90. The molecule has 2 rings (SSSR count). The number of rotatable bonds is 4. The second-order valence-corrected chi connectivity index (χ2v) is 5.43. The third kappa shape index (κ3) is 3.25. The van der Waals surface area contributed by atoms with E-state index >= 15 is 0 Å². The van der Waals surface area contributed by atoms with Crippen LogP contribution < -0.4 is 10.2 Å².